The Morgan fingerprint density at radius 2 is 1.85 bits per heavy atom. The van der Waals surface area contributed by atoms with Crippen molar-refractivity contribution in [2.75, 3.05) is 0 Å². The molecule has 0 unspecified atom stereocenters. The van der Waals surface area contributed by atoms with Crippen LogP contribution in [0.15, 0.2) is 36.7 Å². The number of carbonyl (C=O) groups is 2. The van der Waals surface area contributed by atoms with E-state index in [0.29, 0.717) is 10.4 Å². The second-order valence-corrected chi connectivity index (χ2v) is 6.78. The molecule has 0 radical (unpaired) electrons. The number of aromatic nitrogens is 6. The number of hydrogen-bond acceptors (Lipinski definition) is 7. The SMILES string of the molecule is Cc1nn(C)c2sc(C(=O)NNC(=O)c3ccc(-n4cnnn4)cc3)cc12. The topological polar surface area (TPSA) is 120 Å². The number of thiophene rings is 1. The van der Waals surface area contributed by atoms with E-state index < -0.39 is 5.91 Å². The Balaban J connectivity index is 1.42. The first-order chi connectivity index (χ1) is 13.0. The van der Waals surface area contributed by atoms with Gasteiger partial charge in [-0.2, -0.15) is 5.10 Å². The van der Waals surface area contributed by atoms with Crippen molar-refractivity contribution < 1.29 is 9.59 Å². The lowest BCUT2D eigenvalue weighted by Crippen LogP contribution is -2.41. The normalized spacial score (nSPS) is 10.9. The van der Waals surface area contributed by atoms with Crippen LogP contribution in [0, 0.1) is 6.92 Å². The van der Waals surface area contributed by atoms with E-state index in [-0.39, 0.29) is 5.91 Å². The largest absolute Gasteiger partial charge is 0.279 e. The van der Waals surface area contributed by atoms with Crippen LogP contribution in [0.1, 0.15) is 25.7 Å². The number of nitrogens with zero attached hydrogens (tertiary/aromatic N) is 6. The molecule has 0 aliphatic rings. The Morgan fingerprint density at radius 3 is 2.52 bits per heavy atom. The fraction of sp³-hybridized carbons (Fsp3) is 0.125. The molecule has 0 aliphatic carbocycles. The van der Waals surface area contributed by atoms with E-state index in [2.05, 4.69) is 31.5 Å². The summed E-state index contributed by atoms with van der Waals surface area (Å²) in [5, 5.41) is 16.1. The number of rotatable bonds is 3. The average Bonchev–Trinajstić information content (AvgIpc) is 3.39. The number of aryl methyl sites for hydroxylation is 2. The van der Waals surface area contributed by atoms with Gasteiger partial charge in [0.2, 0.25) is 0 Å². The smallest absolute Gasteiger partial charge is 0.267 e. The summed E-state index contributed by atoms with van der Waals surface area (Å²) in [5.74, 6) is -0.806. The van der Waals surface area contributed by atoms with Gasteiger partial charge in [-0.1, -0.05) is 0 Å². The van der Waals surface area contributed by atoms with Gasteiger partial charge >= 0.3 is 0 Å². The number of amides is 2. The van der Waals surface area contributed by atoms with E-state index >= 15 is 0 Å². The molecule has 1 aromatic carbocycles. The number of hydrazine groups is 1. The highest BCUT2D eigenvalue weighted by molar-refractivity contribution is 7.20. The summed E-state index contributed by atoms with van der Waals surface area (Å²) in [6, 6.07) is 8.41. The van der Waals surface area contributed by atoms with Gasteiger partial charge in [0.25, 0.3) is 11.8 Å². The van der Waals surface area contributed by atoms with Crippen molar-refractivity contribution in [3.63, 3.8) is 0 Å². The second-order valence-electron chi connectivity index (χ2n) is 5.75. The van der Waals surface area contributed by atoms with Gasteiger partial charge < -0.3 is 0 Å². The van der Waals surface area contributed by atoms with Crippen LogP contribution in [0.2, 0.25) is 0 Å². The van der Waals surface area contributed by atoms with Crippen LogP contribution in [-0.2, 0) is 7.05 Å². The first-order valence-electron chi connectivity index (χ1n) is 7.90. The van der Waals surface area contributed by atoms with Gasteiger partial charge in [-0.3, -0.25) is 25.1 Å². The Kier molecular flexibility index (Phi) is 4.12. The minimum Gasteiger partial charge on any atom is -0.267 e. The molecule has 11 heteroatoms. The molecule has 0 saturated carbocycles. The molecule has 27 heavy (non-hydrogen) atoms. The first-order valence-corrected chi connectivity index (χ1v) is 8.72. The van der Waals surface area contributed by atoms with E-state index in [1.807, 2.05) is 14.0 Å². The maximum atomic E-state index is 12.3. The zero-order chi connectivity index (χ0) is 19.0. The maximum Gasteiger partial charge on any atom is 0.279 e. The van der Waals surface area contributed by atoms with Crippen LogP contribution >= 0.6 is 11.3 Å². The predicted octanol–water partition coefficient (Wildman–Crippen LogP) is 0.994. The quantitative estimate of drug-likeness (QED) is 0.510. The molecule has 0 spiro atoms. The van der Waals surface area contributed by atoms with E-state index in [0.717, 1.165) is 21.6 Å². The van der Waals surface area contributed by atoms with Crippen molar-refractivity contribution in [1.82, 2.24) is 40.8 Å². The maximum absolute atomic E-state index is 12.3. The van der Waals surface area contributed by atoms with Crippen molar-refractivity contribution >= 4 is 33.4 Å². The third-order valence-electron chi connectivity index (χ3n) is 3.95. The molecule has 3 aromatic heterocycles. The molecule has 136 valence electrons. The van der Waals surface area contributed by atoms with Gasteiger partial charge in [-0.25, -0.2) is 4.68 Å². The summed E-state index contributed by atoms with van der Waals surface area (Å²) in [6.45, 7) is 1.89. The van der Waals surface area contributed by atoms with E-state index in [1.165, 1.54) is 22.3 Å². The summed E-state index contributed by atoms with van der Waals surface area (Å²) in [4.78, 5) is 25.9. The van der Waals surface area contributed by atoms with Gasteiger partial charge in [0.15, 0.2) is 0 Å². The van der Waals surface area contributed by atoms with Crippen LogP contribution in [0.5, 0.6) is 0 Å². The zero-order valence-corrected chi connectivity index (χ0v) is 15.2. The summed E-state index contributed by atoms with van der Waals surface area (Å²) < 4.78 is 3.21. The summed E-state index contributed by atoms with van der Waals surface area (Å²) in [5.41, 5.74) is 6.82. The lowest BCUT2D eigenvalue weighted by atomic mass is 10.2. The van der Waals surface area contributed by atoms with Gasteiger partial charge in [0.05, 0.1) is 16.3 Å². The van der Waals surface area contributed by atoms with Gasteiger partial charge in [-0.15, -0.1) is 16.4 Å². The van der Waals surface area contributed by atoms with E-state index in [4.69, 9.17) is 0 Å². The lowest BCUT2D eigenvalue weighted by Gasteiger charge is -2.07. The van der Waals surface area contributed by atoms with Crippen LogP contribution in [-0.4, -0.2) is 41.8 Å². The summed E-state index contributed by atoms with van der Waals surface area (Å²) >= 11 is 1.32. The fourth-order valence-corrected chi connectivity index (χ4v) is 3.63. The molecule has 2 amide bonds. The Bertz CT molecular complexity index is 1090. The molecule has 3 heterocycles. The van der Waals surface area contributed by atoms with E-state index in [9.17, 15) is 9.59 Å². The average molecular weight is 382 g/mol. The predicted molar refractivity (Wildman–Crippen MR) is 97.4 cm³/mol. The van der Waals surface area contributed by atoms with Crippen LogP contribution in [0.3, 0.4) is 0 Å². The Hall–Kier alpha value is -3.60. The molecule has 0 bridgehead atoms. The monoisotopic (exact) mass is 382 g/mol. The molecule has 0 fully saturated rings. The highest BCUT2D eigenvalue weighted by atomic mass is 32.1. The minimum absolute atomic E-state index is 0.380. The van der Waals surface area contributed by atoms with Crippen molar-refractivity contribution in [1.29, 1.82) is 0 Å². The third kappa shape index (κ3) is 3.15. The number of fused-ring (bicyclic) bond motifs is 1. The number of tetrazole rings is 1. The van der Waals surface area contributed by atoms with Gasteiger partial charge in [-0.05, 0) is 47.7 Å². The molecular weight excluding hydrogens is 368 g/mol. The molecule has 10 nitrogen and oxygen atoms in total. The number of hydrogen-bond donors (Lipinski definition) is 2. The third-order valence-corrected chi connectivity index (χ3v) is 5.15. The number of benzene rings is 1. The van der Waals surface area contributed by atoms with Crippen molar-refractivity contribution in [2.24, 2.45) is 7.05 Å². The van der Waals surface area contributed by atoms with Crippen LogP contribution in [0.25, 0.3) is 15.9 Å². The van der Waals surface area contributed by atoms with Crippen LogP contribution < -0.4 is 10.9 Å². The molecule has 4 aromatic rings. The molecule has 4 rings (SSSR count). The Morgan fingerprint density at radius 1 is 1.11 bits per heavy atom. The first kappa shape index (κ1) is 16.8. The molecule has 0 saturated heterocycles. The fourth-order valence-electron chi connectivity index (χ4n) is 2.61. The van der Waals surface area contributed by atoms with Gasteiger partial charge in [0, 0.05) is 18.0 Å². The van der Waals surface area contributed by atoms with Gasteiger partial charge in [0.1, 0.15) is 11.2 Å². The molecule has 0 aliphatic heterocycles. The standard InChI is InChI=1S/C16H14N8O2S/c1-9-12-7-13(27-16(12)23(2)20-9)15(26)19-18-14(25)10-3-5-11(6-4-10)24-8-17-21-22-24/h3-8H,1-2H3,(H,18,25)(H,19,26). The summed E-state index contributed by atoms with van der Waals surface area (Å²) in [6.07, 6.45) is 1.46. The zero-order valence-electron chi connectivity index (χ0n) is 14.4. The highest BCUT2D eigenvalue weighted by Gasteiger charge is 2.16. The number of nitrogens with one attached hydrogen (secondary N) is 2. The van der Waals surface area contributed by atoms with Crippen molar-refractivity contribution in [3.05, 3.63) is 52.8 Å². The van der Waals surface area contributed by atoms with Crippen LogP contribution in [0.4, 0.5) is 0 Å². The lowest BCUT2D eigenvalue weighted by molar-refractivity contribution is 0.0849. The number of carbonyl (C=O) groups excluding carboxylic acids is 2. The molecule has 2 N–H and O–H groups in total. The second kappa shape index (κ2) is 6.61. The molecule has 0 atom stereocenters. The minimum atomic E-state index is -0.425. The summed E-state index contributed by atoms with van der Waals surface area (Å²) in [7, 11) is 1.83. The Labute approximate surface area is 156 Å². The van der Waals surface area contributed by atoms with Crippen molar-refractivity contribution in [3.8, 4) is 5.69 Å². The highest BCUT2D eigenvalue weighted by Crippen LogP contribution is 2.27. The molecular formula is C16H14N8O2S. The van der Waals surface area contributed by atoms with E-state index in [1.54, 1.807) is 35.0 Å². The van der Waals surface area contributed by atoms with Crippen molar-refractivity contribution in [2.45, 2.75) is 6.92 Å².